The lowest BCUT2D eigenvalue weighted by Crippen LogP contribution is -2.27. The highest BCUT2D eigenvalue weighted by molar-refractivity contribution is 6.29. The van der Waals surface area contributed by atoms with Gasteiger partial charge >= 0.3 is 0 Å². The molecule has 21 nitrogen and oxygen atoms in total. The molecule has 4 aromatic heterocycles. The van der Waals surface area contributed by atoms with Crippen molar-refractivity contribution in [3.8, 4) is 17.2 Å². The van der Waals surface area contributed by atoms with Gasteiger partial charge in [0.15, 0.2) is 0 Å². The van der Waals surface area contributed by atoms with Gasteiger partial charge in [-0.1, -0.05) is 60.1 Å². The highest BCUT2D eigenvalue weighted by Gasteiger charge is 2.14. The van der Waals surface area contributed by atoms with E-state index in [2.05, 4.69) is 35.9 Å². The van der Waals surface area contributed by atoms with Crippen molar-refractivity contribution >= 4 is 87.3 Å². The number of hydrogen-bond acceptors (Lipinski definition) is 14. The number of carbonyl (C=O) groups is 7. The third-order valence-corrected chi connectivity index (χ3v) is 12.8. The number of carbonyl (C=O) groups excluding carboxylic acids is 7. The van der Waals surface area contributed by atoms with Crippen molar-refractivity contribution < 1.29 is 47.8 Å². The maximum atomic E-state index is 12.6. The van der Waals surface area contributed by atoms with E-state index in [0.29, 0.717) is 68.6 Å². The number of anilines is 4. The van der Waals surface area contributed by atoms with E-state index in [1.165, 1.54) is 68.5 Å². The van der Waals surface area contributed by atoms with Crippen molar-refractivity contribution in [2.75, 3.05) is 27.4 Å². The number of nitrogens with one attached hydrogen (secondary N) is 3. The highest BCUT2D eigenvalue weighted by Crippen LogP contribution is 2.22. The zero-order valence-corrected chi connectivity index (χ0v) is 48.3. The lowest BCUT2D eigenvalue weighted by atomic mass is 10.1. The predicted octanol–water partition coefficient (Wildman–Crippen LogP) is 10.2. The van der Waals surface area contributed by atoms with Gasteiger partial charge in [0.25, 0.3) is 17.7 Å². The summed E-state index contributed by atoms with van der Waals surface area (Å²) in [4.78, 5) is 99.8. The standard InChI is InChI=1S/C24H24N4O4.C21H18ClN3O3.C19H15ClN4O3/c1-3-28(16(2)29)21-9-7-18(8-10-21)24(31)27-20-6-4-5-17(11-20)15-32-22-12-19(23(25)30)13-26-14-22;22-10-14-4-6-16(7-5-14)21(27)25-18-3-1-2-15(8-18)13-28-19-9-17(20(23)26)11-24-12-19;20-17-5-4-13(9-23-17)19(26)24-15-3-1-2-12(6-15)11-27-16-7-14(18(21)25)8-22-10-16/h4-14H,3,15H2,1-2H3,(H2,25,30)(H,27,31);1-9,11-12H,10,13H2,(H2,23,26)(H,25,27);1-10H,11H2,(H2,21,25)(H,24,26). The lowest BCUT2D eigenvalue weighted by Gasteiger charge is -2.19. The Labute approximate surface area is 509 Å². The molecule has 0 atom stereocenters. The summed E-state index contributed by atoms with van der Waals surface area (Å²) in [6.07, 6.45) is 10.0. The number of pyridine rings is 4. The average molecular weight is 1210 g/mol. The Kier molecular flexibility index (Phi) is 23.1. The van der Waals surface area contributed by atoms with Gasteiger partial charge in [-0.15, -0.1) is 11.6 Å². The van der Waals surface area contributed by atoms with Crippen molar-refractivity contribution in [2.45, 2.75) is 39.5 Å². The van der Waals surface area contributed by atoms with Crippen LogP contribution in [-0.4, -0.2) is 67.8 Å². The minimum atomic E-state index is -0.579. The van der Waals surface area contributed by atoms with E-state index < -0.39 is 17.7 Å². The van der Waals surface area contributed by atoms with Crippen LogP contribution in [0.2, 0.25) is 5.15 Å². The van der Waals surface area contributed by atoms with Crippen LogP contribution in [0, 0.1) is 0 Å². The number of benzene rings is 5. The minimum Gasteiger partial charge on any atom is -0.487 e. The fourth-order valence-electron chi connectivity index (χ4n) is 7.86. The monoisotopic (exact) mass is 1210 g/mol. The summed E-state index contributed by atoms with van der Waals surface area (Å²) < 4.78 is 17.0. The van der Waals surface area contributed by atoms with Crippen LogP contribution in [0.1, 0.15) is 98.2 Å². The van der Waals surface area contributed by atoms with Crippen LogP contribution in [0.3, 0.4) is 0 Å². The Bertz CT molecular complexity index is 3890. The highest BCUT2D eigenvalue weighted by atomic mass is 35.5. The number of nitrogens with zero attached hydrogens (tertiary/aromatic N) is 5. The summed E-state index contributed by atoms with van der Waals surface area (Å²) >= 11 is 11.5. The van der Waals surface area contributed by atoms with Gasteiger partial charge in [-0.3, -0.25) is 48.5 Å². The second-order valence-electron chi connectivity index (χ2n) is 18.7. The van der Waals surface area contributed by atoms with Crippen LogP contribution < -0.4 is 52.3 Å². The summed E-state index contributed by atoms with van der Waals surface area (Å²) in [6.45, 7) is 4.66. The third-order valence-electron chi connectivity index (χ3n) is 12.3. The van der Waals surface area contributed by atoms with Crippen LogP contribution in [0.15, 0.2) is 195 Å². The van der Waals surface area contributed by atoms with Crippen LogP contribution in [0.25, 0.3) is 0 Å². The number of hydrogen-bond donors (Lipinski definition) is 6. The molecule has 9 aromatic rings. The van der Waals surface area contributed by atoms with E-state index in [-0.39, 0.29) is 60.1 Å². The van der Waals surface area contributed by atoms with Gasteiger partial charge < -0.3 is 52.3 Å². The number of nitrogens with two attached hydrogens (primary N) is 3. The Morgan fingerprint density at radius 3 is 1.15 bits per heavy atom. The molecule has 0 aliphatic carbocycles. The summed E-state index contributed by atoms with van der Waals surface area (Å²) in [5, 5.41) is 8.82. The molecule has 87 heavy (non-hydrogen) atoms. The van der Waals surface area contributed by atoms with Crippen molar-refractivity contribution in [2.24, 2.45) is 17.2 Å². The maximum Gasteiger partial charge on any atom is 0.257 e. The molecule has 7 amide bonds. The molecule has 9 rings (SSSR count). The first-order chi connectivity index (χ1) is 41.9. The summed E-state index contributed by atoms with van der Waals surface area (Å²) in [7, 11) is 0. The van der Waals surface area contributed by atoms with E-state index in [1.807, 2.05) is 55.5 Å². The van der Waals surface area contributed by atoms with Crippen molar-refractivity contribution in [3.05, 3.63) is 256 Å². The van der Waals surface area contributed by atoms with Gasteiger partial charge in [-0.05, 0) is 132 Å². The van der Waals surface area contributed by atoms with Gasteiger partial charge in [0.05, 0.1) is 40.8 Å². The molecule has 0 saturated heterocycles. The van der Waals surface area contributed by atoms with E-state index in [4.69, 9.17) is 54.6 Å². The number of ether oxygens (including phenoxy) is 3. The molecule has 0 aliphatic rings. The second-order valence-corrected chi connectivity index (χ2v) is 19.3. The minimum absolute atomic E-state index is 0.0547. The van der Waals surface area contributed by atoms with Crippen LogP contribution in [0.4, 0.5) is 22.7 Å². The predicted molar refractivity (Wildman–Crippen MR) is 330 cm³/mol. The third kappa shape index (κ3) is 19.8. The number of aromatic nitrogens is 4. The maximum absolute atomic E-state index is 12.6. The van der Waals surface area contributed by atoms with E-state index >= 15 is 0 Å². The first-order valence-electron chi connectivity index (χ1n) is 26.4. The largest absolute Gasteiger partial charge is 0.487 e. The Morgan fingerprint density at radius 2 is 0.816 bits per heavy atom. The molecular weight excluding hydrogens is 1150 g/mol. The number of alkyl halides is 1. The molecule has 23 heteroatoms. The van der Waals surface area contributed by atoms with Gasteiger partial charge in [0, 0.05) is 78.0 Å². The molecule has 0 radical (unpaired) electrons. The van der Waals surface area contributed by atoms with Gasteiger partial charge in [-0.25, -0.2) is 4.98 Å². The molecule has 0 saturated carbocycles. The number of primary amides is 3. The first kappa shape index (κ1) is 63.5. The summed E-state index contributed by atoms with van der Waals surface area (Å²) in [5.74, 6) is -0.865. The zero-order valence-electron chi connectivity index (χ0n) is 46.8. The molecule has 0 bridgehead atoms. The van der Waals surface area contributed by atoms with Crippen LogP contribution in [0.5, 0.6) is 17.2 Å². The molecule has 5 aromatic carbocycles. The summed E-state index contributed by atoms with van der Waals surface area (Å²) in [6, 6.07) is 43.4. The smallest absolute Gasteiger partial charge is 0.257 e. The number of rotatable bonds is 21. The van der Waals surface area contributed by atoms with E-state index in [0.717, 1.165) is 27.9 Å². The zero-order chi connectivity index (χ0) is 62.2. The van der Waals surface area contributed by atoms with Crippen LogP contribution >= 0.6 is 23.2 Å². The number of halogens is 2. The normalized spacial score (nSPS) is 10.3. The quantitative estimate of drug-likeness (QED) is 0.0288. The first-order valence-corrected chi connectivity index (χ1v) is 27.3. The van der Waals surface area contributed by atoms with E-state index in [1.54, 1.807) is 89.8 Å². The second kappa shape index (κ2) is 31.6. The van der Waals surface area contributed by atoms with E-state index in [9.17, 15) is 33.6 Å². The van der Waals surface area contributed by atoms with Gasteiger partial charge in [0.1, 0.15) is 42.2 Å². The fraction of sp³-hybridized carbons (Fsp3) is 0.109. The molecule has 0 aliphatic heterocycles. The Morgan fingerprint density at radius 1 is 0.448 bits per heavy atom. The van der Waals surface area contributed by atoms with Crippen molar-refractivity contribution in [3.63, 3.8) is 0 Å². The molecule has 9 N–H and O–H groups in total. The van der Waals surface area contributed by atoms with Gasteiger partial charge in [-0.2, -0.15) is 0 Å². The molecule has 442 valence electrons. The number of amides is 7. The topological polar surface area (TPSA) is 316 Å². The van der Waals surface area contributed by atoms with Crippen LogP contribution in [-0.2, 0) is 30.5 Å². The molecule has 0 fully saturated rings. The Balaban J connectivity index is 0.000000187. The lowest BCUT2D eigenvalue weighted by molar-refractivity contribution is -0.116. The molecule has 4 heterocycles. The van der Waals surface area contributed by atoms with Gasteiger partial charge in [0.2, 0.25) is 23.6 Å². The van der Waals surface area contributed by atoms with Crippen molar-refractivity contribution in [1.29, 1.82) is 0 Å². The Hall–Kier alpha value is -11.0. The molecule has 0 unspecified atom stereocenters. The molecular formula is C64H57Cl2N11O10. The average Bonchev–Trinajstić information content (AvgIpc) is 3.73. The SMILES string of the molecule is CCN(C(C)=O)c1ccc(C(=O)Nc2cccc(COc3cncc(C(N)=O)c3)c2)cc1.NC(=O)c1cncc(OCc2cccc(NC(=O)c3ccc(CCl)cc3)c2)c1.NC(=O)c1cncc(OCc2cccc(NC(=O)c3ccc(Cl)nc3)c2)c1. The summed E-state index contributed by atoms with van der Waals surface area (Å²) in [5.41, 5.74) is 24.0. The molecule has 0 spiro atoms. The fourth-order valence-corrected chi connectivity index (χ4v) is 8.15. The van der Waals surface area contributed by atoms with Crippen molar-refractivity contribution in [1.82, 2.24) is 19.9 Å².